The Kier molecular flexibility index (Phi) is 6.01. The Labute approximate surface area is 200 Å². The van der Waals surface area contributed by atoms with Gasteiger partial charge >= 0.3 is 6.18 Å². The second-order valence-corrected chi connectivity index (χ2v) is 11.0. The predicted molar refractivity (Wildman–Crippen MR) is 115 cm³/mol. The van der Waals surface area contributed by atoms with Crippen LogP contribution >= 0.6 is 0 Å². The van der Waals surface area contributed by atoms with Crippen molar-refractivity contribution in [3.63, 3.8) is 0 Å². The maximum Gasteiger partial charge on any atom is 0.434 e. The lowest BCUT2D eigenvalue weighted by atomic mass is 9.93. The molecule has 14 heteroatoms. The van der Waals surface area contributed by atoms with Crippen molar-refractivity contribution in [3.05, 3.63) is 47.4 Å². The van der Waals surface area contributed by atoms with Crippen LogP contribution in [0.25, 0.3) is 22.3 Å². The van der Waals surface area contributed by atoms with Crippen LogP contribution in [0.15, 0.2) is 24.5 Å². The maximum absolute atomic E-state index is 15.2. The van der Waals surface area contributed by atoms with Gasteiger partial charge in [0.05, 0.1) is 11.4 Å². The Morgan fingerprint density at radius 1 is 1.08 bits per heavy atom. The average molecular weight is 536 g/mol. The molecule has 2 aliphatic rings. The summed E-state index contributed by atoms with van der Waals surface area (Å²) in [5.41, 5.74) is -3.70. The molecule has 1 atom stereocenters. The molecule has 2 aliphatic carbocycles. The number of aromatic nitrogens is 3. The first-order valence-electron chi connectivity index (χ1n) is 11.1. The van der Waals surface area contributed by atoms with E-state index in [2.05, 4.69) is 9.97 Å². The van der Waals surface area contributed by atoms with Crippen LogP contribution in [0, 0.1) is 11.6 Å². The predicted octanol–water partition coefficient (Wildman–Crippen LogP) is 5.51. The van der Waals surface area contributed by atoms with Crippen LogP contribution in [-0.2, 0) is 16.2 Å². The molecule has 6 nitrogen and oxygen atoms in total. The second-order valence-electron chi connectivity index (χ2n) is 8.99. The summed E-state index contributed by atoms with van der Waals surface area (Å²) in [4.78, 5) is 7.09. The Balaban J connectivity index is 1.71. The molecule has 2 saturated carbocycles. The number of hydrogen-bond donors (Lipinski definition) is 1. The van der Waals surface area contributed by atoms with Crippen molar-refractivity contribution < 1.29 is 39.2 Å². The van der Waals surface area contributed by atoms with E-state index in [-0.39, 0.29) is 22.6 Å². The third-order valence-electron chi connectivity index (χ3n) is 6.48. The van der Waals surface area contributed by atoms with E-state index >= 15 is 4.39 Å². The lowest BCUT2D eigenvalue weighted by Gasteiger charge is -2.27. The van der Waals surface area contributed by atoms with Crippen molar-refractivity contribution in [1.82, 2.24) is 19.3 Å². The standard InChI is InChI=1S/C22H19F7N4O2S/c23-10-6-14(19(30-8-10)22(27,28)29)17-16(24)7-13-15(9-33(21(13)31-17)11-2-1-3-11)18(20(25)26)32-36(34,35)12-4-5-12/h6-9,11-12,18,20,32H,1-5H2/t18-/m0/s1. The van der Waals surface area contributed by atoms with Crippen LogP contribution in [0.2, 0.25) is 0 Å². The molecule has 0 bridgehead atoms. The molecular formula is C22H19F7N4O2S. The summed E-state index contributed by atoms with van der Waals surface area (Å²) in [6.45, 7) is 0. The summed E-state index contributed by atoms with van der Waals surface area (Å²) in [6.07, 6.45) is -3.98. The van der Waals surface area contributed by atoms with Crippen molar-refractivity contribution in [2.45, 2.75) is 62.0 Å². The third-order valence-corrected chi connectivity index (χ3v) is 8.41. The van der Waals surface area contributed by atoms with Crippen molar-refractivity contribution in [2.24, 2.45) is 0 Å². The van der Waals surface area contributed by atoms with Crippen LogP contribution in [0.1, 0.15) is 55.4 Å². The smallest absolute Gasteiger partial charge is 0.329 e. The summed E-state index contributed by atoms with van der Waals surface area (Å²) in [5, 5.41) is -0.966. The van der Waals surface area contributed by atoms with Crippen LogP contribution in [-0.4, -0.2) is 34.6 Å². The molecule has 3 aromatic rings. The summed E-state index contributed by atoms with van der Waals surface area (Å²) in [5.74, 6) is -2.48. The van der Waals surface area contributed by atoms with Crippen LogP contribution in [0.5, 0.6) is 0 Å². The van der Waals surface area contributed by atoms with Gasteiger partial charge in [-0.25, -0.2) is 40.7 Å². The summed E-state index contributed by atoms with van der Waals surface area (Å²) >= 11 is 0. The molecule has 0 saturated heterocycles. The molecule has 0 spiro atoms. The van der Waals surface area contributed by atoms with E-state index in [0.717, 1.165) is 12.5 Å². The van der Waals surface area contributed by atoms with Gasteiger partial charge in [-0.05, 0) is 44.2 Å². The fourth-order valence-corrected chi connectivity index (χ4v) is 5.83. The van der Waals surface area contributed by atoms with Gasteiger partial charge in [-0.15, -0.1) is 0 Å². The monoisotopic (exact) mass is 536 g/mol. The highest BCUT2D eigenvalue weighted by atomic mass is 32.2. The van der Waals surface area contributed by atoms with Gasteiger partial charge in [0.2, 0.25) is 10.0 Å². The zero-order valence-electron chi connectivity index (χ0n) is 18.4. The zero-order chi connectivity index (χ0) is 26.0. The van der Waals surface area contributed by atoms with Gasteiger partial charge in [0, 0.05) is 28.8 Å². The van der Waals surface area contributed by atoms with E-state index in [1.165, 1.54) is 10.8 Å². The first-order valence-corrected chi connectivity index (χ1v) is 12.6. The normalized spacial score (nSPS) is 18.1. The fraction of sp³-hybridized carbons (Fsp3) is 0.455. The van der Waals surface area contributed by atoms with Gasteiger partial charge in [-0.1, -0.05) is 0 Å². The van der Waals surface area contributed by atoms with E-state index < -0.39 is 62.5 Å². The minimum Gasteiger partial charge on any atom is -0.329 e. The number of nitrogens with zero attached hydrogens (tertiary/aromatic N) is 3. The van der Waals surface area contributed by atoms with Gasteiger partial charge < -0.3 is 4.57 Å². The Morgan fingerprint density at radius 2 is 1.78 bits per heavy atom. The van der Waals surface area contributed by atoms with Gasteiger partial charge in [0.1, 0.15) is 29.0 Å². The Hall–Kier alpha value is -2.74. The topological polar surface area (TPSA) is 76.9 Å². The molecule has 0 aromatic carbocycles. The minimum atomic E-state index is -5.05. The number of hydrogen-bond acceptors (Lipinski definition) is 4. The van der Waals surface area contributed by atoms with Gasteiger partial charge in [-0.3, -0.25) is 0 Å². The molecule has 2 fully saturated rings. The number of nitrogens with one attached hydrogen (secondary N) is 1. The van der Waals surface area contributed by atoms with E-state index in [1.807, 2.05) is 4.72 Å². The minimum absolute atomic E-state index is 0.111. The molecule has 0 unspecified atom stereocenters. The van der Waals surface area contributed by atoms with Gasteiger partial charge in [0.25, 0.3) is 6.43 Å². The summed E-state index contributed by atoms with van der Waals surface area (Å²) in [6, 6.07) is -1.09. The number of alkyl halides is 5. The highest BCUT2D eigenvalue weighted by molar-refractivity contribution is 7.90. The first kappa shape index (κ1) is 24.9. The quantitative estimate of drug-likeness (QED) is 0.404. The number of pyridine rings is 2. The number of rotatable bonds is 7. The second kappa shape index (κ2) is 8.68. The molecule has 0 aliphatic heterocycles. The van der Waals surface area contributed by atoms with E-state index in [4.69, 9.17) is 0 Å². The largest absolute Gasteiger partial charge is 0.434 e. The third kappa shape index (κ3) is 4.44. The van der Waals surface area contributed by atoms with Crippen molar-refractivity contribution in [2.75, 3.05) is 0 Å². The Bertz CT molecular complexity index is 1430. The van der Waals surface area contributed by atoms with Gasteiger partial charge in [-0.2, -0.15) is 13.2 Å². The molecule has 0 radical (unpaired) electrons. The molecule has 0 amide bonds. The molecule has 3 aromatic heterocycles. The van der Waals surface area contributed by atoms with E-state index in [1.54, 1.807) is 0 Å². The molecule has 3 heterocycles. The van der Waals surface area contributed by atoms with Crippen molar-refractivity contribution in [1.29, 1.82) is 0 Å². The number of fused-ring (bicyclic) bond motifs is 1. The van der Waals surface area contributed by atoms with Crippen molar-refractivity contribution >= 4 is 21.1 Å². The fourth-order valence-electron chi connectivity index (χ4n) is 4.30. The van der Waals surface area contributed by atoms with Crippen LogP contribution in [0.3, 0.4) is 0 Å². The molecule has 1 N–H and O–H groups in total. The zero-order valence-corrected chi connectivity index (χ0v) is 19.2. The molecule has 36 heavy (non-hydrogen) atoms. The van der Waals surface area contributed by atoms with Crippen LogP contribution < -0.4 is 4.72 Å². The van der Waals surface area contributed by atoms with Crippen LogP contribution in [0.4, 0.5) is 30.7 Å². The first-order chi connectivity index (χ1) is 16.9. The van der Waals surface area contributed by atoms with Crippen molar-refractivity contribution in [3.8, 4) is 11.3 Å². The number of sulfonamides is 1. The van der Waals surface area contributed by atoms with Gasteiger partial charge in [0.15, 0.2) is 5.69 Å². The van der Waals surface area contributed by atoms with E-state index in [9.17, 15) is 34.8 Å². The Morgan fingerprint density at radius 3 is 2.33 bits per heavy atom. The lowest BCUT2D eigenvalue weighted by Crippen LogP contribution is -2.35. The summed E-state index contributed by atoms with van der Waals surface area (Å²) < 4.78 is 126. The SMILES string of the molecule is O=S(=O)(N[C@@H](c1cn(C2CCC2)c2nc(-c3cc(F)cnc3C(F)(F)F)c(F)cc12)C(F)F)C1CC1. The lowest BCUT2D eigenvalue weighted by molar-refractivity contribution is -0.140. The molecule has 5 rings (SSSR count). The average Bonchev–Trinajstić information content (AvgIpc) is 3.54. The molecule has 194 valence electrons. The maximum atomic E-state index is 15.2. The number of halogens is 7. The molecular weight excluding hydrogens is 517 g/mol. The highest BCUT2D eigenvalue weighted by Crippen LogP contribution is 2.42. The van der Waals surface area contributed by atoms with E-state index in [0.29, 0.717) is 37.9 Å². The highest BCUT2D eigenvalue weighted by Gasteiger charge is 2.41. The summed E-state index contributed by atoms with van der Waals surface area (Å²) in [7, 11) is -4.07.